The monoisotopic (exact) mass is 332 g/mol. The van der Waals surface area contributed by atoms with E-state index in [4.69, 9.17) is 15.2 Å². The van der Waals surface area contributed by atoms with Crippen LogP contribution in [0.5, 0.6) is 0 Å². The number of nitrogens with two attached hydrogens (primary N) is 1. The minimum Gasteiger partial charge on any atom is -0.369 e. The molecule has 1 fully saturated rings. The number of rotatable bonds is 4. The van der Waals surface area contributed by atoms with Gasteiger partial charge >= 0.3 is 6.18 Å². The highest BCUT2D eigenvalue weighted by Crippen LogP contribution is 2.29. The number of amides is 1. The zero-order chi connectivity index (χ0) is 17.0. The van der Waals surface area contributed by atoms with Crippen molar-refractivity contribution in [2.24, 2.45) is 11.7 Å². The van der Waals surface area contributed by atoms with Gasteiger partial charge in [-0.05, 0) is 25.0 Å². The Morgan fingerprint density at radius 1 is 1.26 bits per heavy atom. The van der Waals surface area contributed by atoms with Gasteiger partial charge in [-0.3, -0.25) is 14.6 Å². The minimum absolute atomic E-state index is 0.262. The van der Waals surface area contributed by atoms with Crippen LogP contribution in [0.15, 0.2) is 18.3 Å². The van der Waals surface area contributed by atoms with E-state index >= 15 is 0 Å². The highest BCUT2D eigenvalue weighted by atomic mass is 19.4. The third-order valence-corrected chi connectivity index (χ3v) is 3.30. The first-order chi connectivity index (χ1) is 10.8. The van der Waals surface area contributed by atoms with Gasteiger partial charge in [-0.2, -0.15) is 13.2 Å². The van der Waals surface area contributed by atoms with E-state index in [9.17, 15) is 22.8 Å². The number of primary amides is 1. The molecule has 1 saturated heterocycles. The molecular formula is C14H15F3N2O4. The number of hydrogen-bond donors (Lipinski definition) is 1. The number of carbonyl (C=O) groups is 2. The molecule has 23 heavy (non-hydrogen) atoms. The molecule has 1 aromatic heterocycles. The van der Waals surface area contributed by atoms with Crippen molar-refractivity contribution in [2.45, 2.75) is 25.3 Å². The average molecular weight is 332 g/mol. The van der Waals surface area contributed by atoms with Crippen molar-refractivity contribution >= 4 is 11.7 Å². The number of ether oxygens (including phenoxy) is 2. The average Bonchev–Trinajstić information content (AvgIpc) is 2.75. The summed E-state index contributed by atoms with van der Waals surface area (Å²) in [5, 5.41) is 0. The van der Waals surface area contributed by atoms with Gasteiger partial charge in [0.15, 0.2) is 18.0 Å². The van der Waals surface area contributed by atoms with Gasteiger partial charge in [-0.25, -0.2) is 0 Å². The van der Waals surface area contributed by atoms with E-state index in [0.29, 0.717) is 18.9 Å². The lowest BCUT2D eigenvalue weighted by Gasteiger charge is -2.22. The molecule has 0 spiro atoms. The lowest BCUT2D eigenvalue weighted by atomic mass is 9.98. The first-order valence-corrected chi connectivity index (χ1v) is 6.90. The lowest BCUT2D eigenvalue weighted by Crippen LogP contribution is -2.42. The van der Waals surface area contributed by atoms with E-state index in [0.717, 1.165) is 12.3 Å². The number of alkyl halides is 3. The summed E-state index contributed by atoms with van der Waals surface area (Å²) in [6.45, 7) is 0.523. The van der Waals surface area contributed by atoms with E-state index in [1.807, 2.05) is 0 Å². The van der Waals surface area contributed by atoms with Crippen LogP contribution < -0.4 is 5.73 Å². The Kier molecular flexibility index (Phi) is 5.32. The van der Waals surface area contributed by atoms with Gasteiger partial charge in [0.25, 0.3) is 0 Å². The molecule has 2 N–H and O–H groups in total. The number of hydrogen-bond acceptors (Lipinski definition) is 5. The Morgan fingerprint density at radius 3 is 2.39 bits per heavy atom. The Morgan fingerprint density at radius 2 is 1.87 bits per heavy atom. The summed E-state index contributed by atoms with van der Waals surface area (Å²) in [5.74, 6) is -3.55. The molecule has 0 aromatic carbocycles. The normalized spacial score (nSPS) is 18.2. The summed E-state index contributed by atoms with van der Waals surface area (Å²) in [6, 6.07) is 1.31. The number of carbonyl (C=O) groups excluding carboxylic acids is 2. The van der Waals surface area contributed by atoms with Crippen LogP contribution in [0.25, 0.3) is 0 Å². The van der Waals surface area contributed by atoms with Crippen molar-refractivity contribution in [2.75, 3.05) is 13.2 Å². The van der Waals surface area contributed by atoms with Crippen LogP contribution in [0, 0.1) is 5.92 Å². The van der Waals surface area contributed by atoms with Crippen molar-refractivity contribution in [1.82, 2.24) is 4.98 Å². The van der Waals surface area contributed by atoms with Crippen LogP contribution in [-0.4, -0.2) is 36.2 Å². The highest BCUT2D eigenvalue weighted by Gasteiger charge is 2.38. The van der Waals surface area contributed by atoms with Gasteiger partial charge in [0, 0.05) is 19.4 Å². The molecule has 1 amide bonds. The van der Waals surface area contributed by atoms with Crippen molar-refractivity contribution in [1.29, 1.82) is 0 Å². The predicted molar refractivity (Wildman–Crippen MR) is 71.2 cm³/mol. The quantitative estimate of drug-likeness (QED) is 0.667. The molecule has 2 heterocycles. The predicted octanol–water partition coefficient (Wildman–Crippen LogP) is 1.54. The van der Waals surface area contributed by atoms with Crippen LogP contribution in [0.3, 0.4) is 0 Å². The maximum absolute atomic E-state index is 12.7. The van der Waals surface area contributed by atoms with Crippen molar-refractivity contribution < 1.29 is 32.2 Å². The highest BCUT2D eigenvalue weighted by molar-refractivity contribution is 6.09. The van der Waals surface area contributed by atoms with E-state index in [1.165, 1.54) is 0 Å². The molecule has 1 unspecified atom stereocenters. The Labute approximate surface area is 129 Å². The summed E-state index contributed by atoms with van der Waals surface area (Å²) in [7, 11) is 0. The van der Waals surface area contributed by atoms with Crippen LogP contribution in [0.1, 0.15) is 28.9 Å². The topological polar surface area (TPSA) is 91.5 Å². The molecule has 1 aromatic rings. The maximum Gasteiger partial charge on any atom is 0.416 e. The van der Waals surface area contributed by atoms with Crippen LogP contribution in [0.4, 0.5) is 13.2 Å². The third-order valence-electron chi connectivity index (χ3n) is 3.30. The second-order valence-electron chi connectivity index (χ2n) is 4.99. The summed E-state index contributed by atoms with van der Waals surface area (Å²) < 4.78 is 48.7. The van der Waals surface area contributed by atoms with Crippen LogP contribution in [0.2, 0.25) is 0 Å². The number of nitrogens with zero attached hydrogens (tertiary/aromatic N) is 1. The fourth-order valence-electron chi connectivity index (χ4n) is 2.13. The summed E-state index contributed by atoms with van der Waals surface area (Å²) in [5.41, 5.74) is 3.66. The molecule has 9 heteroatoms. The molecule has 0 saturated carbocycles. The maximum atomic E-state index is 12.7. The Hall–Kier alpha value is -2.00. The third kappa shape index (κ3) is 4.26. The molecule has 126 valence electrons. The molecule has 1 aliphatic rings. The second kappa shape index (κ2) is 7.05. The zero-order valence-corrected chi connectivity index (χ0v) is 12.0. The fourth-order valence-corrected chi connectivity index (χ4v) is 2.13. The van der Waals surface area contributed by atoms with Crippen molar-refractivity contribution in [3.8, 4) is 0 Å². The minimum atomic E-state index is -4.63. The standard InChI is InChI=1S/C14H15F3N2O4/c15-14(16,17)8-3-4-19-9(7-8)11(20)10(12(18)21)13-22-5-1-2-6-23-13/h3-4,7,10,13H,1-2,5-6H2,(H2,18,21). The van der Waals surface area contributed by atoms with E-state index in [2.05, 4.69) is 4.98 Å². The number of halogens is 3. The second-order valence-corrected chi connectivity index (χ2v) is 4.99. The summed E-state index contributed by atoms with van der Waals surface area (Å²) in [6.07, 6.45) is -3.65. The zero-order valence-electron chi connectivity index (χ0n) is 12.0. The van der Waals surface area contributed by atoms with Crippen LogP contribution >= 0.6 is 0 Å². The lowest BCUT2D eigenvalue weighted by molar-refractivity contribution is -0.160. The smallest absolute Gasteiger partial charge is 0.369 e. The summed E-state index contributed by atoms with van der Waals surface area (Å²) >= 11 is 0. The largest absolute Gasteiger partial charge is 0.416 e. The van der Waals surface area contributed by atoms with Crippen LogP contribution in [-0.2, 0) is 20.4 Å². The number of aromatic nitrogens is 1. The molecule has 0 bridgehead atoms. The molecular weight excluding hydrogens is 317 g/mol. The van der Waals surface area contributed by atoms with Crippen molar-refractivity contribution in [3.63, 3.8) is 0 Å². The molecule has 2 rings (SSSR count). The molecule has 0 aliphatic carbocycles. The fraction of sp³-hybridized carbons (Fsp3) is 0.500. The van der Waals surface area contributed by atoms with Gasteiger partial charge < -0.3 is 15.2 Å². The molecule has 6 nitrogen and oxygen atoms in total. The van der Waals surface area contributed by atoms with E-state index in [-0.39, 0.29) is 13.2 Å². The van der Waals surface area contributed by atoms with E-state index in [1.54, 1.807) is 0 Å². The Balaban J connectivity index is 2.29. The molecule has 1 atom stereocenters. The van der Waals surface area contributed by atoms with Gasteiger partial charge in [0.2, 0.25) is 5.91 Å². The number of pyridine rings is 1. The molecule has 0 radical (unpaired) electrons. The first-order valence-electron chi connectivity index (χ1n) is 6.90. The number of Topliss-reactive ketones (excluding diaryl/α,β-unsaturated/α-hetero) is 1. The molecule has 1 aliphatic heterocycles. The number of ketones is 1. The van der Waals surface area contributed by atoms with Gasteiger partial charge in [0.05, 0.1) is 5.56 Å². The van der Waals surface area contributed by atoms with Gasteiger partial charge in [-0.1, -0.05) is 0 Å². The van der Waals surface area contributed by atoms with Crippen molar-refractivity contribution in [3.05, 3.63) is 29.6 Å². The summed E-state index contributed by atoms with van der Waals surface area (Å²) in [4.78, 5) is 27.6. The van der Waals surface area contributed by atoms with Gasteiger partial charge in [-0.15, -0.1) is 0 Å². The Bertz CT molecular complexity index is 584. The van der Waals surface area contributed by atoms with Gasteiger partial charge in [0.1, 0.15) is 5.69 Å². The first kappa shape index (κ1) is 17.4. The SMILES string of the molecule is NC(=O)C(C(=O)c1cc(C(F)(F)F)ccn1)C1OCCCCO1. The van der Waals surface area contributed by atoms with E-state index < -0.39 is 41.3 Å².